The van der Waals surface area contributed by atoms with Gasteiger partial charge in [-0.2, -0.15) is 0 Å². The van der Waals surface area contributed by atoms with Crippen molar-refractivity contribution in [3.8, 4) is 0 Å². The molecule has 0 aromatic rings. The summed E-state index contributed by atoms with van der Waals surface area (Å²) in [6.07, 6.45) is 14.9. The van der Waals surface area contributed by atoms with Gasteiger partial charge >= 0.3 is 5.97 Å². The average molecular weight is 531 g/mol. The van der Waals surface area contributed by atoms with E-state index in [0.29, 0.717) is 52.4 Å². The van der Waals surface area contributed by atoms with Crippen molar-refractivity contribution in [1.29, 1.82) is 0 Å². The van der Waals surface area contributed by atoms with Gasteiger partial charge in [0.25, 0.3) is 0 Å². The largest absolute Gasteiger partial charge is 0.469 e. The first-order chi connectivity index (χ1) is 18.2. The fourth-order valence-electron chi connectivity index (χ4n) is 11.0. The van der Waals surface area contributed by atoms with E-state index in [1.54, 1.807) is 0 Å². The minimum atomic E-state index is -0.141. The van der Waals surface area contributed by atoms with Crippen LogP contribution in [0.3, 0.4) is 0 Å². The number of hydrogen-bond acceptors (Lipinski definition) is 5. The second-order valence-corrected chi connectivity index (χ2v) is 15.0. The molecule has 1 aliphatic heterocycles. The number of carbonyl (C=O) groups is 1. The topological polar surface area (TPSA) is 61.8 Å². The molecule has 4 unspecified atom stereocenters. The number of methoxy groups -OCH3 is 1. The molecular formula is C33H58N2O3. The lowest BCUT2D eigenvalue weighted by atomic mass is 9.43. The van der Waals surface area contributed by atoms with Gasteiger partial charge in [-0.1, -0.05) is 34.1 Å². The van der Waals surface area contributed by atoms with E-state index in [1.165, 1.54) is 91.0 Å². The zero-order valence-corrected chi connectivity index (χ0v) is 25.2. The molecule has 5 rings (SSSR count). The van der Waals surface area contributed by atoms with Gasteiger partial charge in [0, 0.05) is 19.1 Å². The Labute approximate surface area is 233 Å². The van der Waals surface area contributed by atoms with Crippen molar-refractivity contribution in [2.75, 3.05) is 33.3 Å². The highest BCUT2D eigenvalue weighted by Gasteiger charge is 2.62. The lowest BCUT2D eigenvalue weighted by molar-refractivity contribution is -0.167. The number of hydrogen-bond donors (Lipinski definition) is 2. The van der Waals surface area contributed by atoms with E-state index in [0.717, 1.165) is 19.4 Å². The summed E-state index contributed by atoms with van der Waals surface area (Å²) in [5, 5.41) is 15.7. The maximum Gasteiger partial charge on any atom is 0.308 e. The molecule has 38 heavy (non-hydrogen) atoms. The third kappa shape index (κ3) is 5.34. The van der Waals surface area contributed by atoms with E-state index in [-0.39, 0.29) is 18.0 Å². The number of esters is 1. The third-order valence-corrected chi connectivity index (χ3v) is 13.1. The van der Waals surface area contributed by atoms with E-state index in [9.17, 15) is 9.90 Å². The van der Waals surface area contributed by atoms with Crippen molar-refractivity contribution < 1.29 is 14.6 Å². The maximum absolute atomic E-state index is 12.1. The van der Waals surface area contributed by atoms with Crippen LogP contribution >= 0.6 is 0 Å². The monoisotopic (exact) mass is 530 g/mol. The molecule has 5 fully saturated rings. The molecular weight excluding hydrogens is 472 g/mol. The number of aliphatic hydroxyl groups is 1. The highest BCUT2D eigenvalue weighted by atomic mass is 16.5. The van der Waals surface area contributed by atoms with Crippen LogP contribution in [0.1, 0.15) is 105 Å². The van der Waals surface area contributed by atoms with Crippen LogP contribution in [-0.4, -0.2) is 61.4 Å². The Morgan fingerprint density at radius 1 is 1.00 bits per heavy atom. The van der Waals surface area contributed by atoms with Crippen LogP contribution in [0.15, 0.2) is 0 Å². The van der Waals surface area contributed by atoms with Crippen molar-refractivity contribution in [1.82, 2.24) is 10.2 Å². The molecule has 4 saturated carbocycles. The van der Waals surface area contributed by atoms with Crippen molar-refractivity contribution in [3.05, 3.63) is 0 Å². The number of nitrogens with one attached hydrogen (secondary N) is 1. The number of ether oxygens (including phenoxy) is 1. The zero-order chi connectivity index (χ0) is 27.1. The lowest BCUT2D eigenvalue weighted by Gasteiger charge is -2.62. The van der Waals surface area contributed by atoms with Gasteiger partial charge in [-0.15, -0.1) is 0 Å². The summed E-state index contributed by atoms with van der Waals surface area (Å²) >= 11 is 0. The minimum absolute atomic E-state index is 0.0300. The number of rotatable bonds is 8. The SMILES string of the molecule is COC(=O)C(C)C[C@@H](C)[C@H]1CCC2C3C(CC[C@@]21C)[C@@]1(C)CC[C@@H](NCCN2CCCCC2)C[C@H]1C[C@H]3O. The van der Waals surface area contributed by atoms with Gasteiger partial charge in [-0.05, 0) is 130 Å². The summed E-state index contributed by atoms with van der Waals surface area (Å²) < 4.78 is 5.03. The Kier molecular flexibility index (Phi) is 8.88. The van der Waals surface area contributed by atoms with Crippen LogP contribution in [-0.2, 0) is 9.53 Å². The van der Waals surface area contributed by atoms with Crippen LogP contribution in [0.4, 0.5) is 0 Å². The number of carbonyl (C=O) groups excluding carboxylic acids is 1. The molecule has 2 N–H and O–H groups in total. The third-order valence-electron chi connectivity index (χ3n) is 13.1. The van der Waals surface area contributed by atoms with Crippen LogP contribution in [0.2, 0.25) is 0 Å². The predicted octanol–water partition coefficient (Wildman–Crippen LogP) is 5.90. The first kappa shape index (κ1) is 28.9. The van der Waals surface area contributed by atoms with Gasteiger partial charge in [0.1, 0.15) is 0 Å². The second-order valence-electron chi connectivity index (χ2n) is 15.0. The summed E-state index contributed by atoms with van der Waals surface area (Å²) in [5.41, 5.74) is 0.688. The highest BCUT2D eigenvalue weighted by Crippen LogP contribution is 2.68. The maximum atomic E-state index is 12.1. The van der Waals surface area contributed by atoms with Gasteiger partial charge in [-0.3, -0.25) is 4.79 Å². The Morgan fingerprint density at radius 2 is 1.71 bits per heavy atom. The predicted molar refractivity (Wildman–Crippen MR) is 154 cm³/mol. The standard InChI is InChI=1S/C33H58N2O3/c1-22(19-23(2)31(37)38-5)26-9-10-27-30-28(12-14-33(26,27)4)32(3)13-11-25(20-24(32)21-29(30)36)34-15-18-35-16-7-6-8-17-35/h22-30,34,36H,6-21H2,1-5H3/t22-,23?,24+,25-,26-,27?,28?,29-,30?,32+,33-/m1/s1. The fourth-order valence-corrected chi connectivity index (χ4v) is 11.0. The number of piperidine rings is 1. The molecule has 0 radical (unpaired) electrons. The molecule has 0 aromatic carbocycles. The molecule has 0 amide bonds. The summed E-state index contributed by atoms with van der Waals surface area (Å²) in [4.78, 5) is 14.8. The van der Waals surface area contributed by atoms with Crippen molar-refractivity contribution >= 4 is 5.97 Å². The Hall–Kier alpha value is -0.650. The molecule has 1 saturated heterocycles. The summed E-state index contributed by atoms with van der Waals surface area (Å²) in [6, 6.07) is 0.629. The van der Waals surface area contributed by atoms with Crippen molar-refractivity contribution in [3.63, 3.8) is 0 Å². The first-order valence-corrected chi connectivity index (χ1v) is 16.4. The van der Waals surface area contributed by atoms with Gasteiger partial charge in [-0.25, -0.2) is 0 Å². The fraction of sp³-hybridized carbons (Fsp3) is 0.970. The minimum Gasteiger partial charge on any atom is -0.469 e. The summed E-state index contributed by atoms with van der Waals surface area (Å²) in [7, 11) is 1.51. The molecule has 5 heteroatoms. The molecule has 4 aliphatic carbocycles. The van der Waals surface area contributed by atoms with Gasteiger partial charge < -0.3 is 20.1 Å². The number of aliphatic hydroxyl groups excluding tert-OH is 1. The summed E-state index contributed by atoms with van der Waals surface area (Å²) in [6.45, 7) is 14.5. The molecule has 218 valence electrons. The quantitative estimate of drug-likeness (QED) is 0.383. The number of fused-ring (bicyclic) bond motifs is 5. The number of likely N-dealkylation sites (tertiary alicyclic amines) is 1. The van der Waals surface area contributed by atoms with Crippen LogP contribution < -0.4 is 5.32 Å². The van der Waals surface area contributed by atoms with E-state index < -0.39 is 0 Å². The van der Waals surface area contributed by atoms with Crippen LogP contribution in [0, 0.1) is 52.3 Å². The number of nitrogens with zero attached hydrogens (tertiary/aromatic N) is 1. The van der Waals surface area contributed by atoms with Crippen LogP contribution in [0.5, 0.6) is 0 Å². The van der Waals surface area contributed by atoms with Crippen molar-refractivity contribution in [2.24, 2.45) is 52.3 Å². The molecule has 0 bridgehead atoms. The normalized spacial score (nSPS) is 44.9. The van der Waals surface area contributed by atoms with Gasteiger partial charge in [0.15, 0.2) is 0 Å². The Bertz CT molecular complexity index is 814. The molecule has 0 spiro atoms. The van der Waals surface area contributed by atoms with Crippen molar-refractivity contribution in [2.45, 2.75) is 117 Å². The molecule has 1 heterocycles. The van der Waals surface area contributed by atoms with E-state index in [1.807, 2.05) is 6.92 Å². The summed E-state index contributed by atoms with van der Waals surface area (Å²) in [5.74, 6) is 3.50. The van der Waals surface area contributed by atoms with Gasteiger partial charge in [0.2, 0.25) is 0 Å². The van der Waals surface area contributed by atoms with E-state index >= 15 is 0 Å². The lowest BCUT2D eigenvalue weighted by Crippen LogP contribution is -2.59. The second kappa shape index (κ2) is 11.7. The average Bonchev–Trinajstić information content (AvgIpc) is 3.26. The van der Waals surface area contributed by atoms with Gasteiger partial charge in [0.05, 0.1) is 19.1 Å². The van der Waals surface area contributed by atoms with E-state index in [2.05, 4.69) is 31.0 Å². The van der Waals surface area contributed by atoms with E-state index in [4.69, 9.17) is 4.74 Å². The zero-order valence-electron chi connectivity index (χ0n) is 25.2. The molecule has 11 atom stereocenters. The molecule has 0 aromatic heterocycles. The molecule has 5 aliphatic rings. The first-order valence-electron chi connectivity index (χ1n) is 16.4. The smallest absolute Gasteiger partial charge is 0.308 e. The molecule has 5 nitrogen and oxygen atoms in total. The van der Waals surface area contributed by atoms with Crippen LogP contribution in [0.25, 0.3) is 0 Å². The highest BCUT2D eigenvalue weighted by molar-refractivity contribution is 5.71. The Morgan fingerprint density at radius 3 is 2.45 bits per heavy atom. The Balaban J connectivity index is 1.21.